The maximum absolute atomic E-state index is 12.9. The molecule has 3 aromatic rings. The molecule has 2 aromatic heterocycles. The Labute approximate surface area is 113 Å². The molecule has 3 N–H and O–H groups in total. The van der Waals surface area contributed by atoms with Gasteiger partial charge in [-0.25, -0.2) is 14.4 Å². The Hall–Kier alpha value is -2.67. The molecule has 20 heavy (non-hydrogen) atoms. The van der Waals surface area contributed by atoms with E-state index < -0.39 is 6.04 Å². The van der Waals surface area contributed by atoms with Crippen molar-refractivity contribution in [3.63, 3.8) is 0 Å². The standard InChI is InChI=1S/C13H11FN6/c14-9-3-1-8(2-4-9)11(15)13-18-12(19-20-13)10-7-16-5-6-17-10/h1-7,11H,15H2,(H,18,19,20)/t11-/m1/s1. The van der Waals surface area contributed by atoms with Gasteiger partial charge in [0.15, 0.2) is 0 Å². The molecule has 1 aromatic carbocycles. The number of aromatic nitrogens is 5. The molecule has 0 aliphatic heterocycles. The molecule has 0 aliphatic rings. The third-order valence-electron chi connectivity index (χ3n) is 2.82. The SMILES string of the molecule is N[C@H](c1ccc(F)cc1)c1nc(-c2cnccn2)n[nH]1. The smallest absolute Gasteiger partial charge is 0.201 e. The van der Waals surface area contributed by atoms with Crippen molar-refractivity contribution < 1.29 is 4.39 Å². The molecule has 0 fully saturated rings. The number of nitrogens with two attached hydrogens (primary N) is 1. The Kier molecular flexibility index (Phi) is 3.18. The molecule has 7 heteroatoms. The minimum Gasteiger partial charge on any atom is -0.318 e. The summed E-state index contributed by atoms with van der Waals surface area (Å²) in [6, 6.07) is 5.44. The summed E-state index contributed by atoms with van der Waals surface area (Å²) in [5.41, 5.74) is 7.37. The highest BCUT2D eigenvalue weighted by atomic mass is 19.1. The lowest BCUT2D eigenvalue weighted by Gasteiger charge is -2.07. The number of rotatable bonds is 3. The van der Waals surface area contributed by atoms with Crippen LogP contribution in [0.1, 0.15) is 17.4 Å². The fourth-order valence-electron chi connectivity index (χ4n) is 1.77. The number of hydrogen-bond acceptors (Lipinski definition) is 5. The number of nitrogens with one attached hydrogen (secondary N) is 1. The summed E-state index contributed by atoms with van der Waals surface area (Å²) in [4.78, 5) is 12.4. The van der Waals surface area contributed by atoms with E-state index in [1.54, 1.807) is 30.7 Å². The van der Waals surface area contributed by atoms with Crippen LogP contribution in [0.15, 0.2) is 42.9 Å². The lowest BCUT2D eigenvalue weighted by Crippen LogP contribution is -2.13. The lowest BCUT2D eigenvalue weighted by atomic mass is 10.1. The largest absolute Gasteiger partial charge is 0.318 e. The van der Waals surface area contributed by atoms with Gasteiger partial charge in [-0.3, -0.25) is 10.1 Å². The molecule has 0 radical (unpaired) electrons. The van der Waals surface area contributed by atoms with Crippen LogP contribution in [0, 0.1) is 5.82 Å². The van der Waals surface area contributed by atoms with Crippen LogP contribution >= 0.6 is 0 Å². The first-order valence-electron chi connectivity index (χ1n) is 5.94. The van der Waals surface area contributed by atoms with Gasteiger partial charge in [0.1, 0.15) is 17.3 Å². The van der Waals surface area contributed by atoms with Gasteiger partial charge in [0, 0.05) is 12.4 Å². The van der Waals surface area contributed by atoms with E-state index in [9.17, 15) is 4.39 Å². The predicted octanol–water partition coefficient (Wildman–Crippen LogP) is 1.45. The number of H-pyrrole nitrogens is 1. The summed E-state index contributed by atoms with van der Waals surface area (Å²) in [6.07, 6.45) is 4.70. The molecule has 3 rings (SSSR count). The summed E-state index contributed by atoms with van der Waals surface area (Å²) < 4.78 is 12.9. The quantitative estimate of drug-likeness (QED) is 0.751. The van der Waals surface area contributed by atoms with E-state index in [1.807, 2.05) is 0 Å². The third-order valence-corrected chi connectivity index (χ3v) is 2.82. The fraction of sp³-hybridized carbons (Fsp3) is 0.0769. The van der Waals surface area contributed by atoms with Crippen molar-refractivity contribution in [2.75, 3.05) is 0 Å². The molecular formula is C13H11FN6. The van der Waals surface area contributed by atoms with Crippen molar-refractivity contribution in [1.29, 1.82) is 0 Å². The number of nitrogens with zero attached hydrogens (tertiary/aromatic N) is 4. The summed E-state index contributed by atoms with van der Waals surface area (Å²) in [5, 5.41) is 6.83. The maximum atomic E-state index is 12.9. The molecule has 2 heterocycles. The summed E-state index contributed by atoms with van der Waals surface area (Å²) in [6.45, 7) is 0. The van der Waals surface area contributed by atoms with Gasteiger partial charge in [-0.05, 0) is 17.7 Å². The highest BCUT2D eigenvalue weighted by Gasteiger charge is 2.15. The molecule has 0 amide bonds. The molecule has 0 aliphatic carbocycles. The molecule has 6 nitrogen and oxygen atoms in total. The van der Waals surface area contributed by atoms with Crippen LogP contribution in [-0.2, 0) is 0 Å². The van der Waals surface area contributed by atoms with E-state index in [0.29, 0.717) is 17.3 Å². The van der Waals surface area contributed by atoms with Gasteiger partial charge in [-0.15, -0.1) is 0 Å². The topological polar surface area (TPSA) is 93.4 Å². The maximum Gasteiger partial charge on any atom is 0.201 e. The van der Waals surface area contributed by atoms with Gasteiger partial charge in [-0.2, -0.15) is 5.10 Å². The molecule has 100 valence electrons. The highest BCUT2D eigenvalue weighted by molar-refractivity contribution is 5.46. The molecule has 0 spiro atoms. The number of halogens is 1. The zero-order valence-corrected chi connectivity index (χ0v) is 10.4. The van der Waals surface area contributed by atoms with Gasteiger partial charge in [0.2, 0.25) is 5.82 Å². The first-order valence-corrected chi connectivity index (χ1v) is 5.94. The van der Waals surface area contributed by atoms with E-state index in [0.717, 1.165) is 5.56 Å². The number of hydrogen-bond donors (Lipinski definition) is 2. The number of benzene rings is 1. The van der Waals surface area contributed by atoms with Crippen molar-refractivity contribution >= 4 is 0 Å². The molecule has 0 bridgehead atoms. The van der Waals surface area contributed by atoms with Crippen LogP contribution in [0.2, 0.25) is 0 Å². The van der Waals surface area contributed by atoms with Crippen LogP contribution < -0.4 is 5.73 Å². The van der Waals surface area contributed by atoms with Gasteiger partial charge in [0.25, 0.3) is 0 Å². The molecular weight excluding hydrogens is 259 g/mol. The van der Waals surface area contributed by atoms with E-state index >= 15 is 0 Å². The van der Waals surface area contributed by atoms with E-state index in [1.165, 1.54) is 12.1 Å². The van der Waals surface area contributed by atoms with Crippen LogP contribution in [0.3, 0.4) is 0 Å². The van der Waals surface area contributed by atoms with Crippen LogP contribution in [0.25, 0.3) is 11.5 Å². The monoisotopic (exact) mass is 270 g/mol. The Balaban J connectivity index is 1.88. The summed E-state index contributed by atoms with van der Waals surface area (Å²) in [5.74, 6) is 0.599. The first-order chi connectivity index (χ1) is 9.74. The third kappa shape index (κ3) is 2.39. The van der Waals surface area contributed by atoms with Gasteiger partial charge >= 0.3 is 0 Å². The fourth-order valence-corrected chi connectivity index (χ4v) is 1.77. The molecule has 0 saturated heterocycles. The minimum absolute atomic E-state index is 0.307. The Morgan fingerprint density at radius 2 is 1.95 bits per heavy atom. The Morgan fingerprint density at radius 1 is 1.15 bits per heavy atom. The van der Waals surface area contributed by atoms with Crippen molar-refractivity contribution in [2.24, 2.45) is 5.73 Å². The lowest BCUT2D eigenvalue weighted by molar-refractivity contribution is 0.626. The summed E-state index contributed by atoms with van der Waals surface area (Å²) in [7, 11) is 0. The molecule has 1 atom stereocenters. The summed E-state index contributed by atoms with van der Waals surface area (Å²) >= 11 is 0. The van der Waals surface area contributed by atoms with E-state index in [4.69, 9.17) is 5.73 Å². The van der Waals surface area contributed by atoms with Gasteiger partial charge < -0.3 is 5.73 Å². The van der Waals surface area contributed by atoms with Gasteiger partial charge in [0.05, 0.1) is 12.2 Å². The Morgan fingerprint density at radius 3 is 2.65 bits per heavy atom. The molecule has 0 unspecified atom stereocenters. The van der Waals surface area contributed by atoms with Crippen molar-refractivity contribution in [3.8, 4) is 11.5 Å². The van der Waals surface area contributed by atoms with Crippen molar-refractivity contribution in [1.82, 2.24) is 25.1 Å². The minimum atomic E-state index is -0.506. The van der Waals surface area contributed by atoms with E-state index in [2.05, 4.69) is 25.1 Å². The predicted molar refractivity (Wildman–Crippen MR) is 69.8 cm³/mol. The van der Waals surface area contributed by atoms with Gasteiger partial charge in [-0.1, -0.05) is 12.1 Å². The van der Waals surface area contributed by atoms with Crippen molar-refractivity contribution in [3.05, 3.63) is 60.1 Å². The van der Waals surface area contributed by atoms with Crippen LogP contribution in [-0.4, -0.2) is 25.1 Å². The zero-order chi connectivity index (χ0) is 13.9. The zero-order valence-electron chi connectivity index (χ0n) is 10.4. The normalized spacial score (nSPS) is 12.3. The average Bonchev–Trinajstić information content (AvgIpc) is 2.98. The first kappa shape index (κ1) is 12.4. The van der Waals surface area contributed by atoms with Crippen LogP contribution in [0.4, 0.5) is 4.39 Å². The Bertz CT molecular complexity index is 694. The second-order valence-corrected chi connectivity index (χ2v) is 4.16. The second kappa shape index (κ2) is 5.14. The average molecular weight is 270 g/mol. The van der Waals surface area contributed by atoms with Crippen LogP contribution in [0.5, 0.6) is 0 Å². The van der Waals surface area contributed by atoms with Crippen molar-refractivity contribution in [2.45, 2.75) is 6.04 Å². The van der Waals surface area contributed by atoms with E-state index in [-0.39, 0.29) is 5.82 Å². The number of aromatic amines is 1. The highest BCUT2D eigenvalue weighted by Crippen LogP contribution is 2.18. The second-order valence-electron chi connectivity index (χ2n) is 4.16. The molecule has 0 saturated carbocycles.